The van der Waals surface area contributed by atoms with Crippen molar-refractivity contribution in [2.75, 3.05) is 19.6 Å². The second-order valence-electron chi connectivity index (χ2n) is 5.21. The molecule has 94 valence electrons. The van der Waals surface area contributed by atoms with Crippen molar-refractivity contribution in [2.45, 2.75) is 38.0 Å². The van der Waals surface area contributed by atoms with E-state index in [1.165, 1.54) is 12.0 Å². The molecule has 0 bridgehead atoms. The maximum absolute atomic E-state index is 9.54. The van der Waals surface area contributed by atoms with Gasteiger partial charge in [0, 0.05) is 36.6 Å². The quantitative estimate of drug-likeness (QED) is 0.835. The Kier molecular flexibility index (Phi) is 3.21. The SMILES string of the molecule is CC1c2ccsc2CCN1CC1CC(O)CN1. The van der Waals surface area contributed by atoms with Crippen LogP contribution in [0.2, 0.25) is 0 Å². The van der Waals surface area contributed by atoms with E-state index in [1.54, 1.807) is 4.88 Å². The van der Waals surface area contributed by atoms with E-state index in [-0.39, 0.29) is 6.10 Å². The number of hydrogen-bond donors (Lipinski definition) is 2. The fourth-order valence-corrected chi connectivity index (χ4v) is 3.99. The molecule has 0 amide bonds. The standard InChI is InChI=1S/C13H20N2OS/c1-9-12-3-5-17-13(12)2-4-15(9)8-10-6-11(16)7-14-10/h3,5,9-11,14,16H,2,4,6-8H2,1H3. The molecule has 17 heavy (non-hydrogen) atoms. The third-order valence-corrected chi connectivity index (χ3v) is 5.05. The molecule has 2 aliphatic heterocycles. The summed E-state index contributed by atoms with van der Waals surface area (Å²) in [4.78, 5) is 4.11. The second-order valence-corrected chi connectivity index (χ2v) is 6.22. The highest BCUT2D eigenvalue weighted by molar-refractivity contribution is 7.10. The Morgan fingerprint density at radius 1 is 1.59 bits per heavy atom. The van der Waals surface area contributed by atoms with E-state index in [0.717, 1.165) is 26.1 Å². The first-order valence-electron chi connectivity index (χ1n) is 6.46. The van der Waals surface area contributed by atoms with Gasteiger partial charge in [0.25, 0.3) is 0 Å². The van der Waals surface area contributed by atoms with E-state index >= 15 is 0 Å². The minimum atomic E-state index is -0.142. The van der Waals surface area contributed by atoms with Crippen molar-refractivity contribution in [1.82, 2.24) is 10.2 Å². The van der Waals surface area contributed by atoms with Crippen molar-refractivity contribution in [3.05, 3.63) is 21.9 Å². The summed E-state index contributed by atoms with van der Waals surface area (Å²) in [5.41, 5.74) is 1.51. The molecule has 3 rings (SSSR count). The van der Waals surface area contributed by atoms with Gasteiger partial charge in [-0.25, -0.2) is 0 Å². The topological polar surface area (TPSA) is 35.5 Å². The Morgan fingerprint density at radius 2 is 2.47 bits per heavy atom. The first-order chi connectivity index (χ1) is 8.24. The largest absolute Gasteiger partial charge is 0.392 e. The summed E-state index contributed by atoms with van der Waals surface area (Å²) in [6, 6.07) is 3.27. The number of fused-ring (bicyclic) bond motifs is 1. The van der Waals surface area contributed by atoms with Crippen molar-refractivity contribution in [3.8, 4) is 0 Å². The van der Waals surface area contributed by atoms with E-state index < -0.39 is 0 Å². The van der Waals surface area contributed by atoms with Crippen LogP contribution in [0.1, 0.15) is 29.8 Å². The Morgan fingerprint density at radius 3 is 3.24 bits per heavy atom. The number of nitrogens with one attached hydrogen (secondary N) is 1. The number of thiophene rings is 1. The van der Waals surface area contributed by atoms with Crippen molar-refractivity contribution >= 4 is 11.3 Å². The molecule has 0 aromatic carbocycles. The lowest BCUT2D eigenvalue weighted by Gasteiger charge is -2.35. The normalized spacial score (nSPS) is 33.9. The van der Waals surface area contributed by atoms with E-state index in [9.17, 15) is 5.11 Å². The molecule has 2 N–H and O–H groups in total. The zero-order valence-electron chi connectivity index (χ0n) is 10.2. The Bertz CT molecular complexity index is 393. The zero-order valence-corrected chi connectivity index (χ0v) is 11.0. The van der Waals surface area contributed by atoms with Gasteiger partial charge in [-0.2, -0.15) is 0 Å². The van der Waals surface area contributed by atoms with E-state index in [4.69, 9.17) is 0 Å². The monoisotopic (exact) mass is 252 g/mol. The van der Waals surface area contributed by atoms with Gasteiger partial charge in [0.1, 0.15) is 0 Å². The summed E-state index contributed by atoms with van der Waals surface area (Å²) < 4.78 is 0. The van der Waals surface area contributed by atoms with Crippen molar-refractivity contribution in [2.24, 2.45) is 0 Å². The average Bonchev–Trinajstić information content (AvgIpc) is 2.92. The van der Waals surface area contributed by atoms with Crippen molar-refractivity contribution in [3.63, 3.8) is 0 Å². The van der Waals surface area contributed by atoms with Crippen LogP contribution in [0.4, 0.5) is 0 Å². The molecule has 3 atom stereocenters. The van der Waals surface area contributed by atoms with Gasteiger partial charge < -0.3 is 10.4 Å². The van der Waals surface area contributed by atoms with Crippen LogP contribution in [0.25, 0.3) is 0 Å². The lowest BCUT2D eigenvalue weighted by atomic mass is 10.0. The predicted octanol–water partition coefficient (Wildman–Crippen LogP) is 1.39. The molecule has 3 heterocycles. The molecule has 3 nitrogen and oxygen atoms in total. The number of hydrogen-bond acceptors (Lipinski definition) is 4. The fourth-order valence-electron chi connectivity index (χ4n) is 3.03. The molecule has 1 saturated heterocycles. The Balaban J connectivity index is 1.66. The lowest BCUT2D eigenvalue weighted by Crippen LogP contribution is -2.41. The van der Waals surface area contributed by atoms with Gasteiger partial charge in [-0.3, -0.25) is 4.90 Å². The number of rotatable bonds is 2. The van der Waals surface area contributed by atoms with Crippen LogP contribution in [-0.4, -0.2) is 41.8 Å². The lowest BCUT2D eigenvalue weighted by molar-refractivity contribution is 0.167. The van der Waals surface area contributed by atoms with Crippen LogP contribution in [-0.2, 0) is 6.42 Å². The summed E-state index contributed by atoms with van der Waals surface area (Å²) in [7, 11) is 0. The van der Waals surface area contributed by atoms with Crippen LogP contribution in [0, 0.1) is 0 Å². The molecule has 1 aromatic heterocycles. The highest BCUT2D eigenvalue weighted by Gasteiger charge is 2.29. The first-order valence-corrected chi connectivity index (χ1v) is 7.34. The highest BCUT2D eigenvalue weighted by atomic mass is 32.1. The molecular weight excluding hydrogens is 232 g/mol. The maximum Gasteiger partial charge on any atom is 0.0680 e. The predicted molar refractivity (Wildman–Crippen MR) is 70.4 cm³/mol. The smallest absolute Gasteiger partial charge is 0.0680 e. The van der Waals surface area contributed by atoms with Gasteiger partial charge in [0.15, 0.2) is 0 Å². The number of β-amino-alcohol motifs (C(OH)–C–C–N with tert-alkyl or cyclic N) is 1. The maximum atomic E-state index is 9.54. The van der Waals surface area contributed by atoms with Crippen LogP contribution in [0.5, 0.6) is 0 Å². The molecule has 3 unspecified atom stereocenters. The van der Waals surface area contributed by atoms with Gasteiger partial charge in [0.05, 0.1) is 6.10 Å². The second kappa shape index (κ2) is 4.69. The third-order valence-electron chi connectivity index (χ3n) is 4.06. The molecule has 0 spiro atoms. The zero-order chi connectivity index (χ0) is 11.8. The van der Waals surface area contributed by atoms with Crippen LogP contribution in [0.3, 0.4) is 0 Å². The van der Waals surface area contributed by atoms with E-state index in [1.807, 2.05) is 11.3 Å². The molecular formula is C13H20N2OS. The average molecular weight is 252 g/mol. The number of aliphatic hydroxyl groups excluding tert-OH is 1. The molecule has 2 aliphatic rings. The molecule has 1 aromatic rings. The summed E-state index contributed by atoms with van der Waals surface area (Å²) in [5, 5.41) is 15.2. The molecule has 4 heteroatoms. The Hall–Kier alpha value is -0.420. The van der Waals surface area contributed by atoms with Gasteiger partial charge in [-0.05, 0) is 36.8 Å². The van der Waals surface area contributed by atoms with Crippen LogP contribution < -0.4 is 5.32 Å². The first kappa shape index (κ1) is 11.7. The van der Waals surface area contributed by atoms with Crippen LogP contribution in [0.15, 0.2) is 11.4 Å². The minimum absolute atomic E-state index is 0.142. The fraction of sp³-hybridized carbons (Fsp3) is 0.692. The Labute approximate surface area is 106 Å². The summed E-state index contributed by atoms with van der Waals surface area (Å²) >= 11 is 1.89. The van der Waals surface area contributed by atoms with E-state index in [0.29, 0.717) is 12.1 Å². The molecule has 0 radical (unpaired) electrons. The number of nitrogens with zero attached hydrogens (tertiary/aromatic N) is 1. The summed E-state index contributed by atoms with van der Waals surface area (Å²) in [5.74, 6) is 0. The van der Waals surface area contributed by atoms with Crippen molar-refractivity contribution in [1.29, 1.82) is 0 Å². The van der Waals surface area contributed by atoms with Gasteiger partial charge in [0.2, 0.25) is 0 Å². The third kappa shape index (κ3) is 2.27. The molecule has 1 fully saturated rings. The molecule has 0 saturated carbocycles. The van der Waals surface area contributed by atoms with Gasteiger partial charge in [-0.15, -0.1) is 11.3 Å². The van der Waals surface area contributed by atoms with Crippen LogP contribution >= 0.6 is 11.3 Å². The van der Waals surface area contributed by atoms with Crippen molar-refractivity contribution < 1.29 is 5.11 Å². The minimum Gasteiger partial charge on any atom is -0.392 e. The van der Waals surface area contributed by atoms with Gasteiger partial charge in [-0.1, -0.05) is 0 Å². The highest BCUT2D eigenvalue weighted by Crippen LogP contribution is 2.33. The molecule has 0 aliphatic carbocycles. The summed E-state index contributed by atoms with van der Waals surface area (Å²) in [6.45, 7) is 5.28. The number of aliphatic hydroxyl groups is 1. The summed E-state index contributed by atoms with van der Waals surface area (Å²) in [6.07, 6.45) is 1.95. The van der Waals surface area contributed by atoms with Gasteiger partial charge >= 0.3 is 0 Å². The van der Waals surface area contributed by atoms with E-state index in [2.05, 4.69) is 28.6 Å².